The van der Waals surface area contributed by atoms with Gasteiger partial charge in [-0.15, -0.1) is 0 Å². The molecule has 2 fully saturated rings. The number of rotatable bonds is 6. The zero-order chi connectivity index (χ0) is 13.4. The van der Waals surface area contributed by atoms with E-state index in [1.807, 2.05) is 19.1 Å². The second-order valence-corrected chi connectivity index (χ2v) is 6.29. The zero-order valence-electron chi connectivity index (χ0n) is 11.6. The first-order chi connectivity index (χ1) is 9.13. The first-order valence-corrected chi connectivity index (χ1v) is 7.43. The van der Waals surface area contributed by atoms with Crippen molar-refractivity contribution in [3.05, 3.63) is 29.6 Å². The predicted molar refractivity (Wildman–Crippen MR) is 76.7 cm³/mol. The van der Waals surface area contributed by atoms with E-state index in [-0.39, 0.29) is 11.9 Å². The van der Waals surface area contributed by atoms with Crippen LogP contribution in [-0.4, -0.2) is 13.1 Å². The highest BCUT2D eigenvalue weighted by molar-refractivity contribution is 5.50. The smallest absolute Gasteiger partial charge is 0.146 e. The number of benzene rings is 1. The summed E-state index contributed by atoms with van der Waals surface area (Å²) in [6, 6.07) is 5.38. The second-order valence-electron chi connectivity index (χ2n) is 6.29. The van der Waals surface area contributed by atoms with E-state index >= 15 is 0 Å². The molecule has 0 amide bonds. The zero-order valence-corrected chi connectivity index (χ0v) is 11.6. The lowest BCUT2D eigenvalue weighted by Crippen LogP contribution is -2.29. The molecular weight excluding hydrogens is 239 g/mol. The van der Waals surface area contributed by atoms with Crippen LogP contribution in [0.3, 0.4) is 0 Å². The van der Waals surface area contributed by atoms with Crippen LogP contribution in [0.2, 0.25) is 0 Å². The van der Waals surface area contributed by atoms with Gasteiger partial charge in [0, 0.05) is 19.1 Å². The van der Waals surface area contributed by atoms with Crippen molar-refractivity contribution in [3.8, 4) is 0 Å². The summed E-state index contributed by atoms with van der Waals surface area (Å²) in [4.78, 5) is 2.26. The van der Waals surface area contributed by atoms with Crippen LogP contribution in [0, 0.1) is 17.7 Å². The third-order valence-electron chi connectivity index (χ3n) is 4.19. The fourth-order valence-electron chi connectivity index (χ4n) is 2.56. The summed E-state index contributed by atoms with van der Waals surface area (Å²) in [5.74, 6) is 1.45. The largest absolute Gasteiger partial charge is 0.369 e. The second kappa shape index (κ2) is 5.12. The molecule has 0 heterocycles. The third kappa shape index (κ3) is 3.27. The van der Waals surface area contributed by atoms with E-state index in [0.717, 1.165) is 36.2 Å². The average molecular weight is 262 g/mol. The molecule has 2 aliphatic rings. The summed E-state index contributed by atoms with van der Waals surface area (Å²) >= 11 is 0. The van der Waals surface area contributed by atoms with E-state index in [0.29, 0.717) is 0 Å². The van der Waals surface area contributed by atoms with E-state index in [4.69, 9.17) is 5.73 Å². The minimum Gasteiger partial charge on any atom is -0.369 e. The Morgan fingerprint density at radius 1 is 1.21 bits per heavy atom. The lowest BCUT2D eigenvalue weighted by molar-refractivity contribution is 0.599. The maximum absolute atomic E-state index is 14.3. The number of nitrogens with zero attached hydrogens (tertiary/aromatic N) is 1. The van der Waals surface area contributed by atoms with Gasteiger partial charge in [0.05, 0.1) is 5.69 Å². The van der Waals surface area contributed by atoms with Gasteiger partial charge in [0.25, 0.3) is 0 Å². The molecule has 1 unspecified atom stereocenters. The molecule has 19 heavy (non-hydrogen) atoms. The minimum absolute atomic E-state index is 0.108. The van der Waals surface area contributed by atoms with Gasteiger partial charge in [0.15, 0.2) is 0 Å². The normalized spacial score (nSPS) is 20.4. The Morgan fingerprint density at radius 2 is 1.79 bits per heavy atom. The van der Waals surface area contributed by atoms with Gasteiger partial charge in [0.2, 0.25) is 0 Å². The summed E-state index contributed by atoms with van der Waals surface area (Å²) in [6.45, 7) is 3.93. The molecule has 104 valence electrons. The summed E-state index contributed by atoms with van der Waals surface area (Å²) in [6.07, 6.45) is 5.23. The van der Waals surface area contributed by atoms with E-state index in [2.05, 4.69) is 4.90 Å². The number of anilines is 1. The Hall–Kier alpha value is -1.09. The van der Waals surface area contributed by atoms with Crippen molar-refractivity contribution in [2.24, 2.45) is 17.6 Å². The highest BCUT2D eigenvalue weighted by Crippen LogP contribution is 2.36. The number of halogens is 1. The Labute approximate surface area is 114 Å². The third-order valence-corrected chi connectivity index (χ3v) is 4.19. The van der Waals surface area contributed by atoms with Crippen LogP contribution in [0.4, 0.5) is 10.1 Å². The van der Waals surface area contributed by atoms with Crippen LogP contribution in [0.5, 0.6) is 0 Å². The van der Waals surface area contributed by atoms with Crippen LogP contribution in [0.15, 0.2) is 18.2 Å². The fraction of sp³-hybridized carbons (Fsp3) is 0.625. The Balaban J connectivity index is 1.79. The highest BCUT2D eigenvalue weighted by Gasteiger charge is 2.30. The molecule has 0 aromatic heterocycles. The van der Waals surface area contributed by atoms with Crippen molar-refractivity contribution in [2.75, 3.05) is 18.0 Å². The molecule has 2 nitrogen and oxygen atoms in total. The number of nitrogens with two attached hydrogens (primary N) is 1. The predicted octanol–water partition coefficient (Wildman–Crippen LogP) is 3.47. The standard InChI is InChI=1S/C16H23FN2/c1-11(18)14-6-7-16(15(17)8-14)19(9-12-2-3-12)10-13-4-5-13/h6-8,11-13H,2-5,9-10,18H2,1H3. The average Bonchev–Trinajstić information content (AvgIpc) is 3.23. The Kier molecular flexibility index (Phi) is 3.48. The monoisotopic (exact) mass is 262 g/mol. The molecule has 1 atom stereocenters. The van der Waals surface area contributed by atoms with Gasteiger partial charge in [-0.05, 0) is 62.1 Å². The summed E-state index contributed by atoms with van der Waals surface area (Å²) in [7, 11) is 0. The molecule has 0 aliphatic heterocycles. The maximum Gasteiger partial charge on any atom is 0.146 e. The molecule has 0 bridgehead atoms. The fourth-order valence-corrected chi connectivity index (χ4v) is 2.56. The van der Waals surface area contributed by atoms with E-state index < -0.39 is 0 Å². The first kappa shape index (κ1) is 12.9. The van der Waals surface area contributed by atoms with E-state index in [9.17, 15) is 4.39 Å². The molecule has 1 aromatic rings. The van der Waals surface area contributed by atoms with Crippen LogP contribution in [-0.2, 0) is 0 Å². The quantitative estimate of drug-likeness (QED) is 0.850. The SMILES string of the molecule is CC(N)c1ccc(N(CC2CC2)CC2CC2)c(F)c1. The van der Waals surface area contributed by atoms with Crippen molar-refractivity contribution in [3.63, 3.8) is 0 Å². The first-order valence-electron chi connectivity index (χ1n) is 7.43. The molecule has 0 saturated heterocycles. The van der Waals surface area contributed by atoms with Crippen molar-refractivity contribution in [1.82, 2.24) is 0 Å². The van der Waals surface area contributed by atoms with Gasteiger partial charge >= 0.3 is 0 Å². The topological polar surface area (TPSA) is 29.3 Å². The molecule has 3 rings (SSSR count). The molecule has 0 radical (unpaired) electrons. The molecular formula is C16H23FN2. The van der Waals surface area contributed by atoms with E-state index in [1.54, 1.807) is 6.07 Å². The lowest BCUT2D eigenvalue weighted by atomic mass is 10.1. The number of hydrogen-bond donors (Lipinski definition) is 1. The van der Waals surface area contributed by atoms with Gasteiger partial charge in [-0.25, -0.2) is 4.39 Å². The van der Waals surface area contributed by atoms with Crippen molar-refractivity contribution >= 4 is 5.69 Å². The molecule has 2 N–H and O–H groups in total. The Bertz CT molecular complexity index is 436. The lowest BCUT2D eigenvalue weighted by Gasteiger charge is -2.26. The number of hydrogen-bond acceptors (Lipinski definition) is 2. The molecule has 2 aliphatic carbocycles. The molecule has 3 heteroatoms. The van der Waals surface area contributed by atoms with Crippen molar-refractivity contribution in [1.29, 1.82) is 0 Å². The summed E-state index contributed by atoms with van der Waals surface area (Å²) in [5, 5.41) is 0. The van der Waals surface area contributed by atoms with Crippen molar-refractivity contribution in [2.45, 2.75) is 38.6 Å². The van der Waals surface area contributed by atoms with E-state index in [1.165, 1.54) is 25.7 Å². The molecule has 1 aromatic carbocycles. The minimum atomic E-state index is -0.115. The van der Waals surface area contributed by atoms with Crippen LogP contribution >= 0.6 is 0 Å². The highest BCUT2D eigenvalue weighted by atomic mass is 19.1. The van der Waals surface area contributed by atoms with Crippen LogP contribution in [0.25, 0.3) is 0 Å². The van der Waals surface area contributed by atoms with Gasteiger partial charge in [0.1, 0.15) is 5.82 Å². The van der Waals surface area contributed by atoms with Gasteiger partial charge in [-0.3, -0.25) is 0 Å². The van der Waals surface area contributed by atoms with Gasteiger partial charge in [-0.1, -0.05) is 6.07 Å². The molecule has 2 saturated carbocycles. The molecule has 0 spiro atoms. The summed E-state index contributed by atoms with van der Waals surface area (Å²) < 4.78 is 14.3. The van der Waals surface area contributed by atoms with Crippen LogP contribution in [0.1, 0.15) is 44.2 Å². The van der Waals surface area contributed by atoms with Crippen LogP contribution < -0.4 is 10.6 Å². The maximum atomic E-state index is 14.3. The summed E-state index contributed by atoms with van der Waals surface area (Å²) in [5.41, 5.74) is 7.45. The van der Waals surface area contributed by atoms with Gasteiger partial charge < -0.3 is 10.6 Å². The van der Waals surface area contributed by atoms with Gasteiger partial charge in [-0.2, -0.15) is 0 Å². The Morgan fingerprint density at radius 3 is 2.21 bits per heavy atom. The van der Waals surface area contributed by atoms with Crippen molar-refractivity contribution < 1.29 is 4.39 Å².